The maximum atomic E-state index is 11.2. The van der Waals surface area contributed by atoms with Gasteiger partial charge >= 0.3 is 0 Å². The number of ether oxygens (including phenoxy) is 2. The number of hydrogen-bond donors (Lipinski definition) is 1. The van der Waals surface area contributed by atoms with Gasteiger partial charge in [-0.05, 0) is 18.6 Å². The number of aromatic nitrogens is 1. The molecule has 0 unspecified atom stereocenters. The molecule has 1 amide bonds. The van der Waals surface area contributed by atoms with Gasteiger partial charge < -0.3 is 20.1 Å². The Balaban J connectivity index is 1.81. The van der Waals surface area contributed by atoms with E-state index in [9.17, 15) is 4.79 Å². The molecule has 6 heteroatoms. The van der Waals surface area contributed by atoms with Crippen molar-refractivity contribution < 1.29 is 14.3 Å². The summed E-state index contributed by atoms with van der Waals surface area (Å²) < 4.78 is 11.5. The number of primary amides is 1. The smallest absolute Gasteiger partial charge is 0.267 e. The Hall–Kier alpha value is -1.66. The van der Waals surface area contributed by atoms with Crippen molar-refractivity contribution in [1.82, 2.24) is 4.98 Å². The van der Waals surface area contributed by atoms with Crippen molar-refractivity contribution in [2.45, 2.75) is 18.6 Å². The second-order valence-corrected chi connectivity index (χ2v) is 4.90. The molecule has 0 aromatic carbocycles. The third-order valence-corrected chi connectivity index (χ3v) is 3.59. The average molecular weight is 263 g/mol. The molecule has 6 nitrogen and oxygen atoms in total. The van der Waals surface area contributed by atoms with E-state index in [1.165, 1.54) is 0 Å². The molecule has 2 aliphatic rings. The third-order valence-electron chi connectivity index (χ3n) is 3.59. The lowest BCUT2D eigenvalue weighted by Gasteiger charge is -2.39. The lowest BCUT2D eigenvalue weighted by molar-refractivity contribution is -0.161. The standard InChI is InChI=1S/C13H17N3O3/c14-12(17)11-8-10(2-4-15-11)16-5-1-3-13(9-16)18-6-7-19-13/h2,4,8H,1,3,5-7,9H2,(H2,14,17). The first-order chi connectivity index (χ1) is 9.19. The number of carbonyl (C=O) groups excluding carboxylic acids is 1. The zero-order valence-corrected chi connectivity index (χ0v) is 10.7. The van der Waals surface area contributed by atoms with Crippen LogP contribution in [0.25, 0.3) is 0 Å². The van der Waals surface area contributed by atoms with Gasteiger partial charge in [0.15, 0.2) is 5.79 Å². The Morgan fingerprint density at radius 1 is 1.42 bits per heavy atom. The van der Waals surface area contributed by atoms with Crippen LogP contribution in [0.1, 0.15) is 23.3 Å². The fourth-order valence-electron chi connectivity index (χ4n) is 2.69. The first-order valence-electron chi connectivity index (χ1n) is 6.47. The number of nitrogens with zero attached hydrogens (tertiary/aromatic N) is 2. The number of hydrogen-bond acceptors (Lipinski definition) is 5. The molecule has 3 heterocycles. The van der Waals surface area contributed by atoms with Crippen molar-refractivity contribution in [3.05, 3.63) is 24.0 Å². The highest BCUT2D eigenvalue weighted by molar-refractivity contribution is 5.91. The molecule has 1 aromatic rings. The maximum Gasteiger partial charge on any atom is 0.267 e. The number of amides is 1. The van der Waals surface area contributed by atoms with E-state index in [1.54, 1.807) is 12.3 Å². The topological polar surface area (TPSA) is 77.7 Å². The highest BCUT2D eigenvalue weighted by Gasteiger charge is 2.40. The van der Waals surface area contributed by atoms with Crippen molar-refractivity contribution in [3.63, 3.8) is 0 Å². The quantitative estimate of drug-likeness (QED) is 0.842. The van der Waals surface area contributed by atoms with Gasteiger partial charge in [0.25, 0.3) is 5.91 Å². The van der Waals surface area contributed by atoms with Gasteiger partial charge in [-0.2, -0.15) is 0 Å². The van der Waals surface area contributed by atoms with Crippen LogP contribution in [-0.2, 0) is 9.47 Å². The largest absolute Gasteiger partial charge is 0.366 e. The van der Waals surface area contributed by atoms with E-state index in [0.717, 1.165) is 25.1 Å². The monoisotopic (exact) mass is 263 g/mol. The van der Waals surface area contributed by atoms with Crippen LogP contribution in [-0.4, -0.2) is 43.0 Å². The summed E-state index contributed by atoms with van der Waals surface area (Å²) in [5.74, 6) is -0.990. The van der Waals surface area contributed by atoms with Gasteiger partial charge in [-0.3, -0.25) is 9.78 Å². The molecule has 1 spiro atoms. The third kappa shape index (κ3) is 2.41. The van der Waals surface area contributed by atoms with Crippen LogP contribution in [0, 0.1) is 0 Å². The Morgan fingerprint density at radius 3 is 2.95 bits per heavy atom. The molecule has 0 radical (unpaired) electrons. The van der Waals surface area contributed by atoms with E-state index < -0.39 is 11.7 Å². The van der Waals surface area contributed by atoms with Gasteiger partial charge in [0, 0.05) is 24.8 Å². The molecular weight excluding hydrogens is 246 g/mol. The second-order valence-electron chi connectivity index (χ2n) is 4.90. The minimum absolute atomic E-state index is 0.283. The van der Waals surface area contributed by atoms with Crippen LogP contribution >= 0.6 is 0 Å². The fourth-order valence-corrected chi connectivity index (χ4v) is 2.69. The summed E-state index contributed by atoms with van der Waals surface area (Å²) in [7, 11) is 0. The van der Waals surface area contributed by atoms with Gasteiger partial charge in [0.2, 0.25) is 0 Å². The van der Waals surface area contributed by atoms with Crippen LogP contribution in [0.4, 0.5) is 5.69 Å². The number of rotatable bonds is 2. The highest BCUT2D eigenvalue weighted by atomic mass is 16.7. The first kappa shape index (κ1) is 12.4. The van der Waals surface area contributed by atoms with E-state index in [-0.39, 0.29) is 5.69 Å². The van der Waals surface area contributed by atoms with Gasteiger partial charge in [0.05, 0.1) is 19.8 Å². The van der Waals surface area contributed by atoms with Crippen LogP contribution in [0.2, 0.25) is 0 Å². The molecule has 19 heavy (non-hydrogen) atoms. The van der Waals surface area contributed by atoms with Crippen LogP contribution < -0.4 is 10.6 Å². The van der Waals surface area contributed by atoms with Crippen molar-refractivity contribution in [2.24, 2.45) is 5.73 Å². The van der Waals surface area contributed by atoms with Gasteiger partial charge in [-0.25, -0.2) is 0 Å². The highest BCUT2D eigenvalue weighted by Crippen LogP contribution is 2.32. The Morgan fingerprint density at radius 2 is 2.21 bits per heavy atom. The summed E-state index contributed by atoms with van der Waals surface area (Å²) in [6.45, 7) is 2.89. The van der Waals surface area contributed by atoms with E-state index >= 15 is 0 Å². The molecule has 0 atom stereocenters. The fraction of sp³-hybridized carbons (Fsp3) is 0.538. The van der Waals surface area contributed by atoms with E-state index in [1.807, 2.05) is 6.07 Å². The summed E-state index contributed by atoms with van der Waals surface area (Å²) in [6.07, 6.45) is 3.51. The molecule has 2 saturated heterocycles. The minimum atomic E-state index is -0.512. The van der Waals surface area contributed by atoms with Crippen molar-refractivity contribution in [1.29, 1.82) is 0 Å². The Kier molecular flexibility index (Phi) is 3.12. The van der Waals surface area contributed by atoms with E-state index in [0.29, 0.717) is 19.8 Å². The summed E-state index contributed by atoms with van der Waals surface area (Å²) in [5, 5.41) is 0. The van der Waals surface area contributed by atoms with E-state index in [2.05, 4.69) is 9.88 Å². The lowest BCUT2D eigenvalue weighted by atomic mass is 10.0. The number of nitrogens with two attached hydrogens (primary N) is 1. The zero-order valence-electron chi connectivity index (χ0n) is 10.7. The second kappa shape index (κ2) is 4.79. The SMILES string of the molecule is NC(=O)c1cc(N2CCCC3(C2)OCCO3)ccn1. The first-order valence-corrected chi connectivity index (χ1v) is 6.47. The normalized spacial score (nSPS) is 21.8. The molecule has 3 rings (SSSR count). The predicted octanol–water partition coefficient (Wildman–Crippen LogP) is 0.524. The predicted molar refractivity (Wildman–Crippen MR) is 68.8 cm³/mol. The Labute approximate surface area is 111 Å². The molecule has 1 aromatic heterocycles. The number of pyridine rings is 1. The van der Waals surface area contributed by atoms with Crippen molar-refractivity contribution in [3.8, 4) is 0 Å². The molecular formula is C13H17N3O3. The molecule has 2 aliphatic heterocycles. The molecule has 102 valence electrons. The van der Waals surface area contributed by atoms with Crippen LogP contribution in [0.15, 0.2) is 18.3 Å². The van der Waals surface area contributed by atoms with Gasteiger partial charge in [-0.15, -0.1) is 0 Å². The van der Waals surface area contributed by atoms with Crippen molar-refractivity contribution in [2.75, 3.05) is 31.2 Å². The Bertz CT molecular complexity index is 486. The summed E-state index contributed by atoms with van der Waals surface area (Å²) >= 11 is 0. The maximum absolute atomic E-state index is 11.2. The van der Waals surface area contributed by atoms with Gasteiger partial charge in [-0.1, -0.05) is 0 Å². The number of carbonyl (C=O) groups is 1. The lowest BCUT2D eigenvalue weighted by Crippen LogP contribution is -2.49. The molecule has 2 fully saturated rings. The summed E-state index contributed by atoms with van der Waals surface area (Å²) in [4.78, 5) is 17.3. The zero-order chi connectivity index (χ0) is 13.3. The summed E-state index contributed by atoms with van der Waals surface area (Å²) in [6, 6.07) is 3.59. The molecule has 0 aliphatic carbocycles. The van der Waals surface area contributed by atoms with Crippen molar-refractivity contribution >= 4 is 11.6 Å². The molecule has 2 N–H and O–H groups in total. The number of anilines is 1. The molecule has 0 bridgehead atoms. The minimum Gasteiger partial charge on any atom is -0.366 e. The average Bonchev–Trinajstić information content (AvgIpc) is 2.87. The van der Waals surface area contributed by atoms with E-state index in [4.69, 9.17) is 15.2 Å². The molecule has 0 saturated carbocycles. The summed E-state index contributed by atoms with van der Waals surface area (Å²) in [5.41, 5.74) is 6.47. The van der Waals surface area contributed by atoms with Crippen LogP contribution in [0.5, 0.6) is 0 Å². The van der Waals surface area contributed by atoms with Gasteiger partial charge in [0.1, 0.15) is 5.69 Å². The van der Waals surface area contributed by atoms with Crippen LogP contribution in [0.3, 0.4) is 0 Å². The number of piperidine rings is 1.